The maximum absolute atomic E-state index is 13.2. The van der Waals surface area contributed by atoms with Crippen LogP contribution in [0.25, 0.3) is 0 Å². The minimum Gasteiger partial charge on any atom is -0.274 e. The number of amides is 1. The Morgan fingerprint density at radius 3 is 1.89 bits per heavy atom. The lowest BCUT2D eigenvalue weighted by Crippen LogP contribution is -2.27. The molecule has 1 N–H and O–H groups in total. The Morgan fingerprint density at radius 1 is 0.893 bits per heavy atom. The smallest absolute Gasteiger partial charge is 0.232 e. The third-order valence-electron chi connectivity index (χ3n) is 4.95. The highest BCUT2D eigenvalue weighted by atomic mass is 32.2. The SMILES string of the molecule is CC(C)c1cc(C(C)C)c(S(=O)NC(=O)CCc2ccccc2)c(C(C)C)c1. The molecular formula is C24H33NO2S. The highest BCUT2D eigenvalue weighted by Gasteiger charge is 2.22. The van der Waals surface area contributed by atoms with E-state index in [1.165, 1.54) is 5.56 Å². The van der Waals surface area contributed by atoms with Crippen LogP contribution < -0.4 is 4.72 Å². The lowest BCUT2D eigenvalue weighted by Gasteiger charge is -2.22. The van der Waals surface area contributed by atoms with Gasteiger partial charge < -0.3 is 0 Å². The quantitative estimate of drug-likeness (QED) is 0.607. The highest BCUT2D eigenvalue weighted by Crippen LogP contribution is 2.33. The topological polar surface area (TPSA) is 46.2 Å². The van der Waals surface area contributed by atoms with Crippen molar-refractivity contribution >= 4 is 16.9 Å². The van der Waals surface area contributed by atoms with Crippen molar-refractivity contribution in [1.82, 2.24) is 4.72 Å². The van der Waals surface area contributed by atoms with Crippen LogP contribution in [0, 0.1) is 0 Å². The first kappa shape index (κ1) is 22.4. The molecule has 0 aliphatic rings. The predicted octanol–water partition coefficient (Wildman–Crippen LogP) is 5.83. The van der Waals surface area contributed by atoms with Gasteiger partial charge in [0, 0.05) is 6.42 Å². The van der Waals surface area contributed by atoms with Gasteiger partial charge >= 0.3 is 0 Å². The van der Waals surface area contributed by atoms with E-state index in [2.05, 4.69) is 58.4 Å². The second-order valence-corrected chi connectivity index (χ2v) is 9.42. The molecule has 0 aliphatic heterocycles. The number of hydrogen-bond acceptors (Lipinski definition) is 2. The van der Waals surface area contributed by atoms with Gasteiger partial charge in [0.2, 0.25) is 5.91 Å². The molecular weight excluding hydrogens is 366 g/mol. The van der Waals surface area contributed by atoms with Crippen LogP contribution in [0.1, 0.15) is 88.0 Å². The maximum atomic E-state index is 13.2. The predicted molar refractivity (Wildman–Crippen MR) is 118 cm³/mol. The third-order valence-corrected chi connectivity index (χ3v) is 6.21. The molecule has 0 fully saturated rings. The highest BCUT2D eigenvalue weighted by molar-refractivity contribution is 7.83. The monoisotopic (exact) mass is 399 g/mol. The van der Waals surface area contributed by atoms with Gasteiger partial charge in [-0.25, -0.2) is 4.21 Å². The molecule has 152 valence electrons. The van der Waals surface area contributed by atoms with E-state index in [4.69, 9.17) is 0 Å². The van der Waals surface area contributed by atoms with E-state index in [1.54, 1.807) is 0 Å². The summed E-state index contributed by atoms with van der Waals surface area (Å²) in [5.41, 5.74) is 4.49. The summed E-state index contributed by atoms with van der Waals surface area (Å²) in [6.45, 7) is 12.8. The molecule has 28 heavy (non-hydrogen) atoms. The third kappa shape index (κ3) is 5.78. The van der Waals surface area contributed by atoms with E-state index < -0.39 is 11.0 Å². The maximum Gasteiger partial charge on any atom is 0.232 e. The summed E-state index contributed by atoms with van der Waals surface area (Å²) in [7, 11) is -1.56. The zero-order chi connectivity index (χ0) is 20.8. The largest absolute Gasteiger partial charge is 0.274 e. The Labute approximate surface area is 172 Å². The van der Waals surface area contributed by atoms with Gasteiger partial charge in [0.15, 0.2) is 11.0 Å². The Hall–Kier alpha value is -1.94. The minimum absolute atomic E-state index is 0.181. The second kappa shape index (κ2) is 10.0. The Balaban J connectivity index is 2.26. The van der Waals surface area contributed by atoms with Crippen molar-refractivity contribution in [1.29, 1.82) is 0 Å². The molecule has 2 aromatic carbocycles. The first-order valence-electron chi connectivity index (χ1n) is 10.1. The first-order chi connectivity index (χ1) is 13.2. The molecule has 0 bridgehead atoms. The van der Waals surface area contributed by atoms with Gasteiger partial charge in [-0.15, -0.1) is 0 Å². The number of carbonyl (C=O) groups is 1. The van der Waals surface area contributed by atoms with Gasteiger partial charge in [0.05, 0.1) is 4.90 Å². The summed E-state index contributed by atoms with van der Waals surface area (Å²) in [5.74, 6) is 0.685. The second-order valence-electron chi connectivity index (χ2n) is 8.27. The van der Waals surface area contributed by atoms with Crippen LogP contribution in [0.5, 0.6) is 0 Å². The van der Waals surface area contributed by atoms with Crippen molar-refractivity contribution in [2.75, 3.05) is 0 Å². The summed E-state index contributed by atoms with van der Waals surface area (Å²) in [6.07, 6.45) is 0.970. The molecule has 2 aromatic rings. The number of hydrogen-bond donors (Lipinski definition) is 1. The Bertz CT molecular complexity index is 797. The van der Waals surface area contributed by atoms with Gasteiger partial charge in [0.1, 0.15) is 0 Å². The first-order valence-corrected chi connectivity index (χ1v) is 11.3. The molecule has 0 aliphatic carbocycles. The molecule has 0 heterocycles. The zero-order valence-electron chi connectivity index (χ0n) is 17.9. The van der Waals surface area contributed by atoms with Crippen LogP contribution in [0.3, 0.4) is 0 Å². The lowest BCUT2D eigenvalue weighted by molar-refractivity contribution is -0.119. The zero-order valence-corrected chi connectivity index (χ0v) is 18.7. The molecule has 0 saturated heterocycles. The van der Waals surface area contributed by atoms with Gasteiger partial charge in [-0.2, -0.15) is 0 Å². The molecule has 1 unspecified atom stereocenters. The number of rotatable bonds is 8. The summed E-state index contributed by atoms with van der Waals surface area (Å²) >= 11 is 0. The molecule has 0 radical (unpaired) electrons. The van der Waals surface area contributed by atoms with Crippen molar-refractivity contribution in [3.8, 4) is 0 Å². The van der Waals surface area contributed by atoms with Crippen LogP contribution in [0.15, 0.2) is 47.4 Å². The number of aryl methyl sites for hydroxylation is 1. The average molecular weight is 400 g/mol. The fraction of sp³-hybridized carbons (Fsp3) is 0.458. The summed E-state index contributed by atoms with van der Waals surface area (Å²) < 4.78 is 15.9. The fourth-order valence-corrected chi connectivity index (χ4v) is 4.64. The molecule has 3 nitrogen and oxygen atoms in total. The van der Waals surface area contributed by atoms with Crippen LogP contribution in [-0.4, -0.2) is 10.1 Å². The molecule has 2 rings (SSSR count). The number of benzene rings is 2. The molecule has 1 amide bonds. The number of carbonyl (C=O) groups excluding carboxylic acids is 1. The standard InChI is InChI=1S/C24H33NO2S/c1-16(2)20-14-21(17(3)4)24(22(15-20)18(5)6)28(27)25-23(26)13-12-19-10-8-7-9-11-19/h7-11,14-18H,12-13H2,1-6H3,(H,25,26). The van der Waals surface area contributed by atoms with Crippen molar-refractivity contribution in [3.63, 3.8) is 0 Å². The fourth-order valence-electron chi connectivity index (χ4n) is 3.21. The van der Waals surface area contributed by atoms with Crippen LogP contribution in [-0.2, 0) is 22.2 Å². The Morgan fingerprint density at radius 2 is 1.43 bits per heavy atom. The summed E-state index contributed by atoms with van der Waals surface area (Å²) in [5, 5.41) is 0. The van der Waals surface area contributed by atoms with Crippen molar-refractivity contribution in [3.05, 3.63) is 64.7 Å². The molecule has 4 heteroatoms. The van der Waals surface area contributed by atoms with Crippen LogP contribution in [0.4, 0.5) is 0 Å². The van der Waals surface area contributed by atoms with Crippen molar-refractivity contribution in [2.45, 2.75) is 77.0 Å². The van der Waals surface area contributed by atoms with E-state index >= 15 is 0 Å². The van der Waals surface area contributed by atoms with Crippen molar-refractivity contribution in [2.24, 2.45) is 0 Å². The summed E-state index contributed by atoms with van der Waals surface area (Å²) in [4.78, 5) is 13.2. The molecule has 1 atom stereocenters. The Kier molecular flexibility index (Phi) is 7.99. The molecule has 0 spiro atoms. The van der Waals surface area contributed by atoms with E-state index in [0.29, 0.717) is 18.8 Å². The minimum atomic E-state index is -1.56. The average Bonchev–Trinajstić information content (AvgIpc) is 2.65. The van der Waals surface area contributed by atoms with Gasteiger partial charge in [-0.3, -0.25) is 9.52 Å². The molecule has 0 saturated carbocycles. The molecule has 0 aromatic heterocycles. The van der Waals surface area contributed by atoms with Gasteiger partial charge in [-0.1, -0.05) is 84.0 Å². The van der Waals surface area contributed by atoms with E-state index in [9.17, 15) is 9.00 Å². The van der Waals surface area contributed by atoms with Crippen molar-refractivity contribution < 1.29 is 9.00 Å². The van der Waals surface area contributed by atoms with E-state index in [-0.39, 0.29) is 17.7 Å². The lowest BCUT2D eigenvalue weighted by atomic mass is 9.89. The van der Waals surface area contributed by atoms with Gasteiger partial charge in [-0.05, 0) is 46.4 Å². The number of nitrogens with one attached hydrogen (secondary N) is 1. The van der Waals surface area contributed by atoms with Gasteiger partial charge in [0.25, 0.3) is 0 Å². The normalized spacial score (nSPS) is 12.6. The van der Waals surface area contributed by atoms with E-state index in [0.717, 1.165) is 21.6 Å². The van der Waals surface area contributed by atoms with E-state index in [1.807, 2.05) is 30.3 Å². The van der Waals surface area contributed by atoms with Crippen LogP contribution >= 0.6 is 0 Å². The summed E-state index contributed by atoms with van der Waals surface area (Å²) in [6, 6.07) is 14.2. The van der Waals surface area contributed by atoms with Crippen LogP contribution in [0.2, 0.25) is 0 Å².